The number of nitrogens with zero attached hydrogens (tertiary/aromatic N) is 4. The van der Waals surface area contributed by atoms with Crippen molar-refractivity contribution in [3.05, 3.63) is 71.7 Å². The molecule has 6 rings (SSSR count). The summed E-state index contributed by atoms with van der Waals surface area (Å²) in [6.07, 6.45) is 4.60. The molecule has 0 unspecified atom stereocenters. The van der Waals surface area contributed by atoms with E-state index in [1.54, 1.807) is 22.2 Å². The number of amides is 4. The summed E-state index contributed by atoms with van der Waals surface area (Å²) in [6, 6.07) is 9.79. The van der Waals surface area contributed by atoms with E-state index in [2.05, 4.69) is 54.3 Å². The number of hydrogen-bond donors (Lipinski definition) is 5. The topological polar surface area (TPSA) is 186 Å². The maximum absolute atomic E-state index is 13.5. The monoisotopic (exact) mass is 746 g/mol. The van der Waals surface area contributed by atoms with Gasteiger partial charge in [0.15, 0.2) is 0 Å². The van der Waals surface area contributed by atoms with Gasteiger partial charge in [-0.15, -0.1) is 0 Å². The Bertz CT molecular complexity index is 2200. The average Bonchev–Trinajstić information content (AvgIpc) is 4.00. The fraction of sp³-hybridized carbons (Fsp3) is 0.415. The van der Waals surface area contributed by atoms with E-state index in [4.69, 9.17) is 4.74 Å². The second kappa shape index (κ2) is 16.8. The number of methoxy groups -OCH3 is 1. The number of rotatable bonds is 9. The Hall–Kier alpha value is -6.28. The molecule has 2 aliphatic heterocycles. The Balaban J connectivity index is 1.17. The van der Waals surface area contributed by atoms with Gasteiger partial charge in [-0.05, 0) is 72.1 Å². The van der Waals surface area contributed by atoms with Crippen LogP contribution in [0.5, 0.6) is 0 Å². The van der Waals surface area contributed by atoms with Gasteiger partial charge in [0.05, 0.1) is 37.3 Å². The molecule has 0 spiro atoms. The molecule has 0 bridgehead atoms. The fourth-order valence-electron chi connectivity index (χ4n) is 7.40. The SMILES string of the molecule is COC(=O)N[C@H](C(=O)N1CCC[C@H]1c1ncc(C#CC#Cc2cccc3c(-c4cnc([C@@H]5CCCN5C(=O)[C@@H](NC(=O)O)C(C)C)[nH]4)cccc23)[nH]1)C(C)C. The normalized spacial score (nSPS) is 17.7. The first-order valence-electron chi connectivity index (χ1n) is 18.6. The Morgan fingerprint density at radius 1 is 0.800 bits per heavy atom. The summed E-state index contributed by atoms with van der Waals surface area (Å²) in [7, 11) is 1.27. The van der Waals surface area contributed by atoms with Crippen LogP contribution in [0.4, 0.5) is 9.59 Å². The Morgan fingerprint density at radius 3 is 2.02 bits per heavy atom. The molecule has 286 valence electrons. The third-order valence-electron chi connectivity index (χ3n) is 10.2. The van der Waals surface area contributed by atoms with Crippen LogP contribution in [0, 0.1) is 35.5 Å². The lowest BCUT2D eigenvalue weighted by atomic mass is 9.99. The zero-order valence-corrected chi connectivity index (χ0v) is 31.6. The van der Waals surface area contributed by atoms with Gasteiger partial charge in [0.2, 0.25) is 11.8 Å². The van der Waals surface area contributed by atoms with Gasteiger partial charge in [-0.25, -0.2) is 19.6 Å². The van der Waals surface area contributed by atoms with Crippen molar-refractivity contribution < 1.29 is 29.0 Å². The highest BCUT2D eigenvalue weighted by Gasteiger charge is 2.38. The summed E-state index contributed by atoms with van der Waals surface area (Å²) >= 11 is 0. The third kappa shape index (κ3) is 8.44. The van der Waals surface area contributed by atoms with E-state index in [9.17, 15) is 24.3 Å². The number of H-pyrrole nitrogens is 2. The van der Waals surface area contributed by atoms with Crippen molar-refractivity contribution in [1.82, 2.24) is 40.4 Å². The van der Waals surface area contributed by atoms with Crippen LogP contribution in [-0.4, -0.2) is 91.1 Å². The van der Waals surface area contributed by atoms with E-state index in [0.29, 0.717) is 30.4 Å². The second-order valence-electron chi connectivity index (χ2n) is 14.5. The number of carboxylic acid groups (broad SMARTS) is 1. The standard InChI is InChI=1S/C41H46N8O6/c1-24(2)34(46-40(52)53)38(50)49-21-11-19-33(49)37-43-23-31(45-37)30-17-9-15-28-26(13-8-16-29(28)30)12-6-7-14-27-22-42-36(44-27)32-18-10-20-48(32)39(51)35(25(3)4)47-41(54)55-5/h8-9,13,15-17,22-25,32-35,46H,10-11,18-21H2,1-5H3,(H,42,44)(H,43,45)(H,47,54)(H,52,53)/t32-,33-,34-,35-/m0/s1. The first-order chi connectivity index (χ1) is 26.5. The predicted octanol–water partition coefficient (Wildman–Crippen LogP) is 5.36. The Morgan fingerprint density at radius 2 is 1.38 bits per heavy atom. The van der Waals surface area contributed by atoms with Gasteiger partial charge in [-0.1, -0.05) is 63.9 Å². The largest absolute Gasteiger partial charge is 0.465 e. The van der Waals surface area contributed by atoms with Gasteiger partial charge in [0, 0.05) is 24.2 Å². The maximum atomic E-state index is 13.5. The van der Waals surface area contributed by atoms with Crippen LogP contribution in [0.25, 0.3) is 22.0 Å². The van der Waals surface area contributed by atoms with Crippen LogP contribution in [0.15, 0.2) is 48.8 Å². The molecule has 4 heterocycles. The van der Waals surface area contributed by atoms with Gasteiger partial charge in [0.1, 0.15) is 29.4 Å². The minimum Gasteiger partial charge on any atom is -0.465 e. The van der Waals surface area contributed by atoms with Crippen LogP contribution < -0.4 is 10.6 Å². The van der Waals surface area contributed by atoms with E-state index in [-0.39, 0.29) is 35.7 Å². The zero-order chi connectivity index (χ0) is 39.2. The highest BCUT2D eigenvalue weighted by Crippen LogP contribution is 2.35. The number of hydrogen-bond acceptors (Lipinski definition) is 7. The number of carbonyl (C=O) groups excluding carboxylic acids is 3. The number of fused-ring (bicyclic) bond motifs is 1. The van der Waals surface area contributed by atoms with Crippen molar-refractivity contribution in [2.24, 2.45) is 11.8 Å². The van der Waals surface area contributed by atoms with Crippen molar-refractivity contribution in [2.45, 2.75) is 77.5 Å². The van der Waals surface area contributed by atoms with Crippen molar-refractivity contribution >= 4 is 34.8 Å². The number of nitrogens with one attached hydrogen (secondary N) is 4. The molecule has 2 aliphatic rings. The molecular formula is C41H46N8O6. The number of aromatic amines is 2. The molecule has 2 saturated heterocycles. The summed E-state index contributed by atoms with van der Waals surface area (Å²) in [6.45, 7) is 8.49. The second-order valence-corrected chi connectivity index (χ2v) is 14.5. The van der Waals surface area contributed by atoms with Gasteiger partial charge in [-0.2, -0.15) is 0 Å². The third-order valence-corrected chi connectivity index (χ3v) is 10.2. The van der Waals surface area contributed by atoms with E-state index in [0.717, 1.165) is 53.3 Å². The molecule has 0 aliphatic carbocycles. The maximum Gasteiger partial charge on any atom is 0.407 e. The number of carbonyl (C=O) groups is 4. The van der Waals surface area contributed by atoms with Crippen molar-refractivity contribution in [3.8, 4) is 34.9 Å². The molecular weight excluding hydrogens is 701 g/mol. The molecule has 14 heteroatoms. The number of aromatic nitrogens is 4. The summed E-state index contributed by atoms with van der Waals surface area (Å²) in [4.78, 5) is 69.6. The lowest BCUT2D eigenvalue weighted by molar-refractivity contribution is -0.136. The number of imidazole rings is 2. The summed E-state index contributed by atoms with van der Waals surface area (Å²) in [5.74, 6) is 12.7. The number of benzene rings is 2. The van der Waals surface area contributed by atoms with Crippen LogP contribution in [-0.2, 0) is 14.3 Å². The highest BCUT2D eigenvalue weighted by molar-refractivity contribution is 5.99. The quantitative estimate of drug-likeness (QED) is 0.142. The predicted molar refractivity (Wildman–Crippen MR) is 205 cm³/mol. The molecule has 4 aromatic rings. The van der Waals surface area contributed by atoms with E-state index < -0.39 is 24.3 Å². The van der Waals surface area contributed by atoms with Gasteiger partial charge >= 0.3 is 12.2 Å². The Labute approximate surface area is 319 Å². The Kier molecular flexibility index (Phi) is 11.7. The molecule has 0 saturated carbocycles. The molecule has 14 nitrogen and oxygen atoms in total. The lowest BCUT2D eigenvalue weighted by Gasteiger charge is -2.29. The smallest absolute Gasteiger partial charge is 0.407 e. The van der Waals surface area contributed by atoms with Crippen LogP contribution >= 0.6 is 0 Å². The first kappa shape index (κ1) is 38.4. The van der Waals surface area contributed by atoms with Crippen LogP contribution in [0.3, 0.4) is 0 Å². The first-order valence-corrected chi connectivity index (χ1v) is 18.6. The average molecular weight is 747 g/mol. The van der Waals surface area contributed by atoms with Crippen molar-refractivity contribution in [2.75, 3.05) is 20.2 Å². The fourth-order valence-corrected chi connectivity index (χ4v) is 7.40. The summed E-state index contributed by atoms with van der Waals surface area (Å²) in [5, 5.41) is 16.3. The summed E-state index contributed by atoms with van der Waals surface area (Å²) < 4.78 is 4.73. The van der Waals surface area contributed by atoms with Crippen LogP contribution in [0.2, 0.25) is 0 Å². The number of ether oxygens (including phenoxy) is 1. The molecule has 2 aromatic heterocycles. The van der Waals surface area contributed by atoms with E-state index in [1.165, 1.54) is 7.11 Å². The molecule has 2 fully saturated rings. The van der Waals surface area contributed by atoms with E-state index >= 15 is 0 Å². The van der Waals surface area contributed by atoms with Gasteiger partial charge in [-0.3, -0.25) is 9.59 Å². The zero-order valence-electron chi connectivity index (χ0n) is 31.6. The van der Waals surface area contributed by atoms with Crippen molar-refractivity contribution in [1.29, 1.82) is 0 Å². The lowest BCUT2D eigenvalue weighted by Crippen LogP contribution is -2.51. The van der Waals surface area contributed by atoms with Gasteiger partial charge < -0.3 is 40.2 Å². The number of likely N-dealkylation sites (tertiary alicyclic amines) is 2. The molecule has 4 amide bonds. The molecule has 0 radical (unpaired) electrons. The number of alkyl carbamates (subject to hydrolysis) is 1. The van der Waals surface area contributed by atoms with Crippen molar-refractivity contribution in [3.63, 3.8) is 0 Å². The molecule has 2 aromatic carbocycles. The minimum absolute atomic E-state index is 0.127. The molecule has 55 heavy (non-hydrogen) atoms. The molecule has 5 N–H and O–H groups in total. The minimum atomic E-state index is -1.22. The highest BCUT2D eigenvalue weighted by atomic mass is 16.5. The summed E-state index contributed by atoms with van der Waals surface area (Å²) in [5.41, 5.74) is 3.11. The van der Waals surface area contributed by atoms with Crippen LogP contribution in [0.1, 0.15) is 88.4 Å². The van der Waals surface area contributed by atoms with E-state index in [1.807, 2.05) is 64.1 Å². The molecule has 4 atom stereocenters. The van der Waals surface area contributed by atoms with Gasteiger partial charge in [0.25, 0.3) is 0 Å².